The van der Waals surface area contributed by atoms with Gasteiger partial charge in [0.05, 0.1) is 0 Å². The summed E-state index contributed by atoms with van der Waals surface area (Å²) in [4.78, 5) is 27.0. The van der Waals surface area contributed by atoms with E-state index in [2.05, 4.69) is 5.10 Å². The fourth-order valence-corrected chi connectivity index (χ4v) is 4.62. The maximum absolute atomic E-state index is 14.4. The van der Waals surface area contributed by atoms with Gasteiger partial charge in [0, 0.05) is 17.8 Å². The van der Waals surface area contributed by atoms with Crippen molar-refractivity contribution in [2.75, 3.05) is 6.54 Å². The van der Waals surface area contributed by atoms with Gasteiger partial charge >= 0.3 is 5.97 Å². The number of aliphatic carboxylic acids is 1. The van der Waals surface area contributed by atoms with Crippen LogP contribution in [-0.2, 0) is 24.1 Å². The first-order valence-electron chi connectivity index (χ1n) is 10.0. The smallest absolute Gasteiger partial charge is 0.331 e. The Morgan fingerprint density at radius 3 is 2.60 bits per heavy atom. The Bertz CT molecular complexity index is 1170. The highest BCUT2D eigenvalue weighted by Crippen LogP contribution is 2.34. The Hall–Kier alpha value is -3.48. The summed E-state index contributed by atoms with van der Waals surface area (Å²) >= 11 is 0. The number of hydrogen-bond donors (Lipinski definition) is 1. The molecule has 3 aromatic rings. The topological polar surface area (TPSA) is 75.4 Å². The van der Waals surface area contributed by atoms with E-state index in [9.17, 15) is 19.1 Å². The SMILES string of the molecule is O=C(O)[C@H]1c2ccccc2CCN1C(=O)c1nn(-c2ccccc2F)c2c1CCC2. The number of amides is 1. The predicted octanol–water partition coefficient (Wildman–Crippen LogP) is 3.32. The number of nitrogens with zero attached hydrogens (tertiary/aromatic N) is 3. The first-order chi connectivity index (χ1) is 14.6. The third kappa shape index (κ3) is 2.81. The fourth-order valence-electron chi connectivity index (χ4n) is 4.62. The van der Waals surface area contributed by atoms with Crippen LogP contribution >= 0.6 is 0 Å². The van der Waals surface area contributed by atoms with Gasteiger partial charge in [-0.3, -0.25) is 4.79 Å². The van der Waals surface area contributed by atoms with E-state index in [-0.39, 0.29) is 5.69 Å². The van der Waals surface area contributed by atoms with Crippen molar-refractivity contribution < 1.29 is 19.1 Å². The van der Waals surface area contributed by atoms with Gasteiger partial charge in [-0.25, -0.2) is 13.9 Å². The van der Waals surface area contributed by atoms with Crippen LogP contribution in [0.25, 0.3) is 5.69 Å². The number of carbonyl (C=O) groups is 2. The number of halogens is 1. The van der Waals surface area contributed by atoms with E-state index in [1.807, 2.05) is 12.1 Å². The van der Waals surface area contributed by atoms with Crippen molar-refractivity contribution in [3.63, 3.8) is 0 Å². The molecule has 2 heterocycles. The predicted molar refractivity (Wildman–Crippen MR) is 107 cm³/mol. The molecular weight excluding hydrogens is 385 g/mol. The molecule has 1 amide bonds. The van der Waals surface area contributed by atoms with Crippen molar-refractivity contribution in [2.24, 2.45) is 0 Å². The van der Waals surface area contributed by atoms with Gasteiger partial charge in [-0.2, -0.15) is 5.10 Å². The van der Waals surface area contributed by atoms with Gasteiger partial charge in [0.1, 0.15) is 11.5 Å². The zero-order chi connectivity index (χ0) is 20.8. The van der Waals surface area contributed by atoms with Gasteiger partial charge < -0.3 is 10.0 Å². The number of carboxylic acids is 1. The second-order valence-corrected chi connectivity index (χ2v) is 7.68. The standard InChI is InChI=1S/C23H20FN3O3/c24-17-9-3-4-10-19(17)27-18-11-5-8-16(18)20(25-27)22(28)26-13-12-14-6-1-2-7-15(14)21(26)23(29)30/h1-4,6-7,9-10,21H,5,8,11-13H2,(H,29,30)/t21-/m1/s1. The van der Waals surface area contributed by atoms with Crippen molar-refractivity contribution in [2.45, 2.75) is 31.7 Å². The van der Waals surface area contributed by atoms with Crippen LogP contribution in [0.2, 0.25) is 0 Å². The molecule has 5 rings (SSSR count). The number of hydrogen-bond acceptors (Lipinski definition) is 3. The van der Waals surface area contributed by atoms with Crippen LogP contribution in [0.15, 0.2) is 48.5 Å². The van der Waals surface area contributed by atoms with Gasteiger partial charge in [-0.1, -0.05) is 36.4 Å². The normalized spacial score (nSPS) is 17.5. The first kappa shape index (κ1) is 18.5. The molecule has 0 saturated heterocycles. The Morgan fingerprint density at radius 2 is 1.80 bits per heavy atom. The monoisotopic (exact) mass is 405 g/mol. The van der Waals surface area contributed by atoms with Gasteiger partial charge in [0.2, 0.25) is 0 Å². The zero-order valence-electron chi connectivity index (χ0n) is 16.2. The van der Waals surface area contributed by atoms with Gasteiger partial charge in [0.25, 0.3) is 5.91 Å². The lowest BCUT2D eigenvalue weighted by Crippen LogP contribution is -2.44. The van der Waals surface area contributed by atoms with E-state index in [0.717, 1.165) is 23.2 Å². The second-order valence-electron chi connectivity index (χ2n) is 7.68. The molecule has 2 aromatic carbocycles. The Kier molecular flexibility index (Phi) is 4.38. The lowest BCUT2D eigenvalue weighted by atomic mass is 9.92. The minimum Gasteiger partial charge on any atom is -0.479 e. The number of fused-ring (bicyclic) bond motifs is 2. The molecule has 6 nitrogen and oxygen atoms in total. The van der Waals surface area contributed by atoms with Crippen LogP contribution < -0.4 is 0 Å². The van der Waals surface area contributed by atoms with E-state index in [1.54, 1.807) is 30.3 Å². The maximum Gasteiger partial charge on any atom is 0.331 e. The molecule has 2 aliphatic rings. The minimum atomic E-state index is -1.07. The number of carbonyl (C=O) groups excluding carboxylic acids is 1. The summed E-state index contributed by atoms with van der Waals surface area (Å²) < 4.78 is 15.9. The van der Waals surface area contributed by atoms with Crippen LogP contribution in [0.4, 0.5) is 4.39 Å². The van der Waals surface area contributed by atoms with Crippen LogP contribution in [-0.4, -0.2) is 38.2 Å². The highest BCUT2D eigenvalue weighted by molar-refractivity contribution is 5.97. The number of rotatable bonds is 3. The van der Waals surface area contributed by atoms with E-state index in [0.29, 0.717) is 37.1 Å². The summed E-state index contributed by atoms with van der Waals surface area (Å²) in [5.74, 6) is -1.89. The van der Waals surface area contributed by atoms with Gasteiger partial charge in [-0.15, -0.1) is 0 Å². The largest absolute Gasteiger partial charge is 0.479 e. The highest BCUT2D eigenvalue weighted by atomic mass is 19.1. The Morgan fingerprint density at radius 1 is 1.03 bits per heavy atom. The van der Waals surface area contributed by atoms with Crippen molar-refractivity contribution in [3.05, 3.63) is 82.4 Å². The lowest BCUT2D eigenvalue weighted by molar-refractivity contribution is -0.143. The number of carboxylic acid groups (broad SMARTS) is 1. The van der Waals surface area contributed by atoms with Crippen LogP contribution in [0.3, 0.4) is 0 Å². The quantitative estimate of drug-likeness (QED) is 0.725. The van der Waals surface area contributed by atoms with Crippen molar-refractivity contribution in [1.29, 1.82) is 0 Å². The first-order valence-corrected chi connectivity index (χ1v) is 10.0. The van der Waals surface area contributed by atoms with Gasteiger partial charge in [0.15, 0.2) is 11.7 Å². The number of benzene rings is 2. The fraction of sp³-hybridized carbons (Fsp3) is 0.261. The molecular formula is C23H20FN3O3. The molecule has 7 heteroatoms. The van der Waals surface area contributed by atoms with Crippen molar-refractivity contribution in [3.8, 4) is 5.69 Å². The van der Waals surface area contributed by atoms with Crippen LogP contribution in [0.1, 0.15) is 45.3 Å². The highest BCUT2D eigenvalue weighted by Gasteiger charge is 2.39. The Labute approximate surface area is 172 Å². The zero-order valence-corrected chi connectivity index (χ0v) is 16.2. The van der Waals surface area contributed by atoms with E-state index in [1.165, 1.54) is 15.6 Å². The third-order valence-electron chi connectivity index (χ3n) is 5.99. The summed E-state index contributed by atoms with van der Waals surface area (Å²) in [6.07, 6.45) is 2.82. The van der Waals surface area contributed by atoms with E-state index >= 15 is 0 Å². The summed E-state index contributed by atoms with van der Waals surface area (Å²) in [7, 11) is 0. The molecule has 1 aliphatic carbocycles. The lowest BCUT2D eigenvalue weighted by Gasteiger charge is -2.34. The third-order valence-corrected chi connectivity index (χ3v) is 5.99. The molecule has 1 N–H and O–H groups in total. The molecule has 0 fully saturated rings. The number of para-hydroxylation sites is 1. The molecule has 1 aliphatic heterocycles. The minimum absolute atomic E-state index is 0.233. The van der Waals surface area contributed by atoms with E-state index < -0.39 is 23.7 Å². The molecule has 0 spiro atoms. The molecule has 0 radical (unpaired) electrons. The van der Waals surface area contributed by atoms with E-state index in [4.69, 9.17) is 0 Å². The number of aromatic nitrogens is 2. The molecule has 0 unspecified atom stereocenters. The van der Waals surface area contributed by atoms with Gasteiger partial charge in [-0.05, 0) is 48.9 Å². The molecule has 0 saturated carbocycles. The molecule has 1 aromatic heterocycles. The van der Waals surface area contributed by atoms with Crippen LogP contribution in [0, 0.1) is 5.82 Å². The van der Waals surface area contributed by atoms with Crippen LogP contribution in [0.5, 0.6) is 0 Å². The molecule has 152 valence electrons. The average molecular weight is 405 g/mol. The molecule has 1 atom stereocenters. The second kappa shape index (κ2) is 7.09. The summed E-state index contributed by atoms with van der Waals surface area (Å²) in [5, 5.41) is 14.4. The average Bonchev–Trinajstić information content (AvgIpc) is 3.36. The Balaban J connectivity index is 1.59. The molecule has 30 heavy (non-hydrogen) atoms. The maximum atomic E-state index is 14.4. The molecule has 0 bridgehead atoms. The van der Waals surface area contributed by atoms with Crippen molar-refractivity contribution >= 4 is 11.9 Å². The summed E-state index contributed by atoms with van der Waals surface area (Å²) in [6, 6.07) is 12.6. The summed E-state index contributed by atoms with van der Waals surface area (Å²) in [6.45, 7) is 0.300. The van der Waals surface area contributed by atoms with Crippen molar-refractivity contribution in [1.82, 2.24) is 14.7 Å². The summed E-state index contributed by atoms with van der Waals surface area (Å²) in [5.41, 5.74) is 3.73.